The highest BCUT2D eigenvalue weighted by Crippen LogP contribution is 2.37. The molecule has 0 aliphatic heterocycles. The zero-order chi connectivity index (χ0) is 16.8. The summed E-state index contributed by atoms with van der Waals surface area (Å²) in [5.41, 5.74) is 4.04. The molecular weight excluding hydrogens is 328 g/mol. The molecule has 0 fully saturated rings. The third-order valence-corrected chi connectivity index (χ3v) is 4.70. The molecule has 4 rings (SSSR count). The number of aliphatic hydroxyl groups excluding tert-OH is 2. The Morgan fingerprint density at radius 1 is 1.38 bits per heavy atom. The second-order valence-electron chi connectivity index (χ2n) is 6.03. The number of hydrogen-bond donors (Lipinski definition) is 2. The van der Waals surface area contributed by atoms with Crippen LogP contribution >= 0.6 is 11.6 Å². The van der Waals surface area contributed by atoms with Crippen molar-refractivity contribution in [3.63, 3.8) is 0 Å². The van der Waals surface area contributed by atoms with E-state index in [0.717, 1.165) is 16.8 Å². The standard InChI is InChI=1S/C18H17ClN2O3/c1-10-14(9-22)21-8-12(19)7-16(18(21)20-10)24-17-13-5-3-2-4-11(13)6-15(17)23/h2-5,7-8,15,17,22-23H,6,9H2,1H3/t15-,17-/m1/s1. The van der Waals surface area contributed by atoms with E-state index in [0.29, 0.717) is 28.5 Å². The van der Waals surface area contributed by atoms with Gasteiger partial charge in [0.1, 0.15) is 0 Å². The van der Waals surface area contributed by atoms with E-state index in [1.165, 1.54) is 0 Å². The molecule has 0 saturated carbocycles. The molecule has 1 aromatic carbocycles. The zero-order valence-electron chi connectivity index (χ0n) is 13.1. The van der Waals surface area contributed by atoms with Crippen molar-refractivity contribution in [1.82, 2.24) is 9.38 Å². The number of nitrogens with zero attached hydrogens (tertiary/aromatic N) is 2. The van der Waals surface area contributed by atoms with Gasteiger partial charge < -0.3 is 14.9 Å². The van der Waals surface area contributed by atoms with Crippen molar-refractivity contribution >= 4 is 17.2 Å². The van der Waals surface area contributed by atoms with Gasteiger partial charge in [0.15, 0.2) is 17.5 Å². The summed E-state index contributed by atoms with van der Waals surface area (Å²) in [5, 5.41) is 20.4. The fourth-order valence-corrected chi connectivity index (χ4v) is 3.53. The Kier molecular flexibility index (Phi) is 3.72. The first-order valence-electron chi connectivity index (χ1n) is 7.79. The van der Waals surface area contributed by atoms with Crippen LogP contribution in [0, 0.1) is 6.92 Å². The Morgan fingerprint density at radius 2 is 2.17 bits per heavy atom. The maximum absolute atomic E-state index is 10.4. The van der Waals surface area contributed by atoms with E-state index in [1.54, 1.807) is 16.7 Å². The number of hydrogen-bond acceptors (Lipinski definition) is 4. The molecule has 0 radical (unpaired) electrons. The van der Waals surface area contributed by atoms with Crippen molar-refractivity contribution in [2.45, 2.75) is 32.2 Å². The van der Waals surface area contributed by atoms with Crippen LogP contribution < -0.4 is 4.74 Å². The SMILES string of the molecule is Cc1nc2c(O[C@@H]3c4ccccc4C[C@H]3O)cc(Cl)cn2c1CO. The van der Waals surface area contributed by atoms with Gasteiger partial charge in [-0.1, -0.05) is 35.9 Å². The van der Waals surface area contributed by atoms with Gasteiger partial charge in [0.2, 0.25) is 0 Å². The molecule has 2 aromatic heterocycles. The third kappa shape index (κ3) is 2.36. The van der Waals surface area contributed by atoms with Gasteiger partial charge in [-0.15, -0.1) is 0 Å². The molecule has 2 atom stereocenters. The first kappa shape index (κ1) is 15.4. The molecule has 0 spiro atoms. The van der Waals surface area contributed by atoms with E-state index in [4.69, 9.17) is 16.3 Å². The minimum absolute atomic E-state index is 0.137. The van der Waals surface area contributed by atoms with Gasteiger partial charge in [-0.05, 0) is 18.1 Å². The molecule has 5 nitrogen and oxygen atoms in total. The van der Waals surface area contributed by atoms with Gasteiger partial charge in [0.05, 0.1) is 29.1 Å². The molecule has 6 heteroatoms. The molecule has 124 valence electrons. The summed E-state index contributed by atoms with van der Waals surface area (Å²) >= 11 is 6.21. The Labute approximate surface area is 144 Å². The first-order chi connectivity index (χ1) is 11.6. The van der Waals surface area contributed by atoms with Gasteiger partial charge in [-0.3, -0.25) is 4.40 Å². The van der Waals surface area contributed by atoms with Gasteiger partial charge in [-0.25, -0.2) is 4.98 Å². The predicted molar refractivity (Wildman–Crippen MR) is 90.4 cm³/mol. The van der Waals surface area contributed by atoms with Crippen molar-refractivity contribution in [2.24, 2.45) is 0 Å². The third-order valence-electron chi connectivity index (χ3n) is 4.50. The van der Waals surface area contributed by atoms with E-state index in [2.05, 4.69) is 4.98 Å². The van der Waals surface area contributed by atoms with E-state index in [9.17, 15) is 10.2 Å². The molecule has 2 N–H and O–H groups in total. The zero-order valence-corrected chi connectivity index (χ0v) is 13.9. The molecule has 0 saturated heterocycles. The molecule has 24 heavy (non-hydrogen) atoms. The van der Waals surface area contributed by atoms with Crippen LogP contribution in [0.15, 0.2) is 36.5 Å². The van der Waals surface area contributed by atoms with Gasteiger partial charge in [-0.2, -0.15) is 0 Å². The van der Waals surface area contributed by atoms with E-state index in [-0.39, 0.29) is 6.61 Å². The minimum atomic E-state index is -0.616. The van der Waals surface area contributed by atoms with Crippen molar-refractivity contribution in [3.05, 3.63) is 64.1 Å². The predicted octanol–water partition coefficient (Wildman–Crippen LogP) is 2.83. The van der Waals surface area contributed by atoms with E-state index < -0.39 is 12.2 Å². The van der Waals surface area contributed by atoms with Crippen LogP contribution in [0.25, 0.3) is 5.65 Å². The number of fused-ring (bicyclic) bond motifs is 2. The highest BCUT2D eigenvalue weighted by atomic mass is 35.5. The summed E-state index contributed by atoms with van der Waals surface area (Å²) in [6.07, 6.45) is 1.19. The first-order valence-corrected chi connectivity index (χ1v) is 8.16. The normalized spacial score (nSPS) is 19.7. The highest BCUT2D eigenvalue weighted by Gasteiger charge is 2.33. The summed E-state index contributed by atoms with van der Waals surface area (Å²) in [7, 11) is 0. The number of halogens is 1. The van der Waals surface area contributed by atoms with Gasteiger partial charge in [0.25, 0.3) is 0 Å². The fraction of sp³-hybridized carbons (Fsp3) is 0.278. The molecule has 0 bridgehead atoms. The average molecular weight is 345 g/mol. The number of rotatable bonds is 3. The van der Waals surface area contributed by atoms with Crippen LogP contribution in [0.1, 0.15) is 28.6 Å². The number of pyridine rings is 1. The van der Waals surface area contributed by atoms with E-state index in [1.807, 2.05) is 31.2 Å². The summed E-state index contributed by atoms with van der Waals surface area (Å²) in [6, 6.07) is 9.55. The molecule has 1 aliphatic carbocycles. The van der Waals surface area contributed by atoms with Gasteiger partial charge >= 0.3 is 0 Å². The number of aliphatic hydroxyl groups is 2. The van der Waals surface area contributed by atoms with Crippen molar-refractivity contribution < 1.29 is 14.9 Å². The lowest BCUT2D eigenvalue weighted by molar-refractivity contribution is 0.0502. The largest absolute Gasteiger partial charge is 0.479 e. The van der Waals surface area contributed by atoms with Crippen LogP contribution in [0.4, 0.5) is 0 Å². The van der Waals surface area contributed by atoms with Crippen LogP contribution in [0.2, 0.25) is 5.02 Å². The molecule has 3 aromatic rings. The second-order valence-corrected chi connectivity index (χ2v) is 6.46. The smallest absolute Gasteiger partial charge is 0.180 e. The second kappa shape index (κ2) is 5.77. The van der Waals surface area contributed by atoms with Crippen LogP contribution in [0.3, 0.4) is 0 Å². The highest BCUT2D eigenvalue weighted by molar-refractivity contribution is 6.30. The van der Waals surface area contributed by atoms with Crippen molar-refractivity contribution in [2.75, 3.05) is 0 Å². The molecule has 2 heterocycles. The summed E-state index contributed by atoms with van der Waals surface area (Å²) in [5.74, 6) is 0.492. The maximum Gasteiger partial charge on any atom is 0.180 e. The van der Waals surface area contributed by atoms with Crippen LogP contribution in [0.5, 0.6) is 5.75 Å². The number of benzene rings is 1. The maximum atomic E-state index is 10.4. The lowest BCUT2D eigenvalue weighted by atomic mass is 10.1. The van der Waals surface area contributed by atoms with Crippen molar-refractivity contribution in [3.8, 4) is 5.75 Å². The quantitative estimate of drug-likeness (QED) is 0.766. The Morgan fingerprint density at radius 3 is 2.96 bits per heavy atom. The molecular formula is C18H17ClN2O3. The molecule has 1 aliphatic rings. The van der Waals surface area contributed by atoms with Crippen LogP contribution in [-0.2, 0) is 13.0 Å². The van der Waals surface area contributed by atoms with Gasteiger partial charge in [0, 0.05) is 18.7 Å². The van der Waals surface area contributed by atoms with Crippen LogP contribution in [-0.4, -0.2) is 25.7 Å². The fourth-order valence-electron chi connectivity index (χ4n) is 3.34. The topological polar surface area (TPSA) is 67.0 Å². The average Bonchev–Trinajstić information content (AvgIpc) is 3.04. The minimum Gasteiger partial charge on any atom is -0.479 e. The molecule has 0 unspecified atom stereocenters. The van der Waals surface area contributed by atoms with E-state index >= 15 is 0 Å². The van der Waals surface area contributed by atoms with Crippen molar-refractivity contribution in [1.29, 1.82) is 0 Å². The number of ether oxygens (including phenoxy) is 1. The molecule has 0 amide bonds. The number of aryl methyl sites for hydroxylation is 1. The lowest BCUT2D eigenvalue weighted by Crippen LogP contribution is -2.19. The Balaban J connectivity index is 1.80. The summed E-state index contributed by atoms with van der Waals surface area (Å²) < 4.78 is 7.86. The summed E-state index contributed by atoms with van der Waals surface area (Å²) in [6.45, 7) is 1.69. The summed E-state index contributed by atoms with van der Waals surface area (Å²) in [4.78, 5) is 4.49. The Bertz CT molecular complexity index is 922. The number of imidazole rings is 1. The Hall–Kier alpha value is -2.08. The monoisotopic (exact) mass is 344 g/mol. The number of aromatic nitrogens is 2. The lowest BCUT2D eigenvalue weighted by Gasteiger charge is -2.19.